The van der Waals surface area contributed by atoms with Crippen LogP contribution >= 0.6 is 0 Å². The van der Waals surface area contributed by atoms with Crippen molar-refractivity contribution in [2.75, 3.05) is 19.7 Å². The standard InChI is InChI=1S/C6H14N2O/c7-8-3-1-2-6(4-8)5-9/h6,9H,1-5,7H2. The largest absolute Gasteiger partial charge is 0.396 e. The zero-order valence-electron chi connectivity index (χ0n) is 5.58. The third-order valence-electron chi connectivity index (χ3n) is 1.81. The maximum Gasteiger partial charge on any atom is 0.0472 e. The fourth-order valence-corrected chi connectivity index (χ4v) is 1.25. The van der Waals surface area contributed by atoms with Gasteiger partial charge in [-0.2, -0.15) is 0 Å². The molecule has 1 heterocycles. The summed E-state index contributed by atoms with van der Waals surface area (Å²) < 4.78 is 0. The minimum atomic E-state index is 0.285. The van der Waals surface area contributed by atoms with Gasteiger partial charge in [-0.05, 0) is 18.8 Å². The first-order valence-electron chi connectivity index (χ1n) is 3.43. The van der Waals surface area contributed by atoms with Crippen molar-refractivity contribution in [1.29, 1.82) is 0 Å². The first-order valence-corrected chi connectivity index (χ1v) is 3.43. The Balaban J connectivity index is 2.23. The second-order valence-electron chi connectivity index (χ2n) is 2.69. The Morgan fingerprint density at radius 1 is 1.67 bits per heavy atom. The van der Waals surface area contributed by atoms with Crippen LogP contribution in [0.15, 0.2) is 0 Å². The van der Waals surface area contributed by atoms with E-state index in [0.29, 0.717) is 5.92 Å². The molecule has 0 radical (unpaired) electrons. The minimum Gasteiger partial charge on any atom is -0.396 e. The number of aliphatic hydroxyl groups excluding tert-OH is 1. The summed E-state index contributed by atoms with van der Waals surface area (Å²) in [5.74, 6) is 5.94. The lowest BCUT2D eigenvalue weighted by Gasteiger charge is -2.27. The summed E-state index contributed by atoms with van der Waals surface area (Å²) in [5.41, 5.74) is 0. The van der Waals surface area contributed by atoms with Crippen LogP contribution < -0.4 is 5.84 Å². The van der Waals surface area contributed by atoms with Gasteiger partial charge >= 0.3 is 0 Å². The van der Waals surface area contributed by atoms with Crippen LogP contribution in [0.1, 0.15) is 12.8 Å². The number of rotatable bonds is 1. The predicted octanol–water partition coefficient (Wildman–Crippen LogP) is -0.436. The van der Waals surface area contributed by atoms with E-state index in [9.17, 15) is 0 Å². The van der Waals surface area contributed by atoms with Crippen molar-refractivity contribution in [3.63, 3.8) is 0 Å². The maximum absolute atomic E-state index is 8.73. The van der Waals surface area contributed by atoms with E-state index in [1.807, 2.05) is 0 Å². The number of piperidine rings is 1. The van der Waals surface area contributed by atoms with E-state index in [4.69, 9.17) is 10.9 Å². The number of hydrogen-bond acceptors (Lipinski definition) is 3. The normalized spacial score (nSPS) is 30.7. The van der Waals surface area contributed by atoms with Crippen LogP contribution in [0.4, 0.5) is 0 Å². The van der Waals surface area contributed by atoms with Gasteiger partial charge in [0.15, 0.2) is 0 Å². The third-order valence-corrected chi connectivity index (χ3v) is 1.81. The smallest absolute Gasteiger partial charge is 0.0472 e. The molecular weight excluding hydrogens is 116 g/mol. The zero-order valence-corrected chi connectivity index (χ0v) is 5.58. The van der Waals surface area contributed by atoms with Gasteiger partial charge in [-0.25, -0.2) is 5.01 Å². The summed E-state index contributed by atoms with van der Waals surface area (Å²) in [6.45, 7) is 2.13. The number of nitrogens with zero attached hydrogens (tertiary/aromatic N) is 1. The molecule has 9 heavy (non-hydrogen) atoms. The average molecular weight is 130 g/mol. The number of hydrazine groups is 1. The van der Waals surface area contributed by atoms with Gasteiger partial charge in [-0.15, -0.1) is 0 Å². The summed E-state index contributed by atoms with van der Waals surface area (Å²) in [4.78, 5) is 0. The minimum absolute atomic E-state index is 0.285. The van der Waals surface area contributed by atoms with Crippen LogP contribution in [0.2, 0.25) is 0 Å². The van der Waals surface area contributed by atoms with Crippen LogP contribution in [0.3, 0.4) is 0 Å². The molecular formula is C6H14N2O. The molecule has 1 aliphatic rings. The highest BCUT2D eigenvalue weighted by molar-refractivity contribution is 4.67. The molecule has 3 N–H and O–H groups in total. The summed E-state index contributed by atoms with van der Waals surface area (Å²) in [5, 5.41) is 10.5. The van der Waals surface area contributed by atoms with E-state index in [1.54, 1.807) is 5.01 Å². The van der Waals surface area contributed by atoms with Crippen molar-refractivity contribution in [3.05, 3.63) is 0 Å². The van der Waals surface area contributed by atoms with Crippen molar-refractivity contribution in [1.82, 2.24) is 5.01 Å². The SMILES string of the molecule is NN1CCCC(CO)C1. The molecule has 1 saturated heterocycles. The molecule has 0 saturated carbocycles. The molecule has 0 aromatic carbocycles. The number of hydrogen-bond donors (Lipinski definition) is 2. The van der Waals surface area contributed by atoms with Crippen LogP contribution in [0.5, 0.6) is 0 Å². The van der Waals surface area contributed by atoms with Gasteiger partial charge in [0.2, 0.25) is 0 Å². The molecule has 0 aliphatic carbocycles. The van der Waals surface area contributed by atoms with Gasteiger partial charge < -0.3 is 5.11 Å². The molecule has 1 rings (SSSR count). The van der Waals surface area contributed by atoms with Gasteiger partial charge in [0.1, 0.15) is 0 Å². The van der Waals surface area contributed by atoms with Gasteiger partial charge in [0, 0.05) is 19.7 Å². The van der Waals surface area contributed by atoms with E-state index in [1.165, 1.54) is 0 Å². The molecule has 0 spiro atoms. The van der Waals surface area contributed by atoms with E-state index in [-0.39, 0.29) is 6.61 Å². The average Bonchev–Trinajstić information content (AvgIpc) is 1.88. The van der Waals surface area contributed by atoms with Crippen LogP contribution in [-0.2, 0) is 0 Å². The van der Waals surface area contributed by atoms with Gasteiger partial charge in [-0.3, -0.25) is 5.84 Å². The maximum atomic E-state index is 8.73. The highest BCUT2D eigenvalue weighted by Gasteiger charge is 2.15. The lowest BCUT2D eigenvalue weighted by Crippen LogP contribution is -2.41. The second kappa shape index (κ2) is 3.15. The Labute approximate surface area is 55.4 Å². The molecule has 54 valence electrons. The van der Waals surface area contributed by atoms with Gasteiger partial charge in [-0.1, -0.05) is 0 Å². The van der Waals surface area contributed by atoms with Crippen molar-refractivity contribution < 1.29 is 5.11 Å². The molecule has 0 amide bonds. The monoisotopic (exact) mass is 130 g/mol. The molecule has 1 unspecified atom stereocenters. The highest BCUT2D eigenvalue weighted by Crippen LogP contribution is 2.12. The fraction of sp³-hybridized carbons (Fsp3) is 1.00. The summed E-state index contributed by atoms with van der Waals surface area (Å²) in [6.07, 6.45) is 2.26. The second-order valence-corrected chi connectivity index (χ2v) is 2.69. The molecule has 1 fully saturated rings. The third kappa shape index (κ3) is 1.93. The molecule has 1 aliphatic heterocycles. The Morgan fingerprint density at radius 2 is 2.44 bits per heavy atom. The van der Waals surface area contributed by atoms with Crippen molar-refractivity contribution >= 4 is 0 Å². The van der Waals surface area contributed by atoms with E-state index in [2.05, 4.69) is 0 Å². The van der Waals surface area contributed by atoms with Crippen LogP contribution in [0.25, 0.3) is 0 Å². The number of aliphatic hydroxyl groups is 1. The highest BCUT2D eigenvalue weighted by atomic mass is 16.3. The van der Waals surface area contributed by atoms with Crippen LogP contribution in [-0.4, -0.2) is 29.8 Å². The quantitative estimate of drug-likeness (QED) is 0.473. The molecule has 1 atom stereocenters. The van der Waals surface area contributed by atoms with Gasteiger partial charge in [0.25, 0.3) is 0 Å². The topological polar surface area (TPSA) is 49.5 Å². The van der Waals surface area contributed by atoms with Gasteiger partial charge in [0.05, 0.1) is 0 Å². The van der Waals surface area contributed by atoms with E-state index in [0.717, 1.165) is 25.9 Å². The lowest BCUT2D eigenvalue weighted by atomic mass is 10.0. The summed E-state index contributed by atoms with van der Waals surface area (Å²) in [6, 6.07) is 0. The number of nitrogens with two attached hydrogens (primary N) is 1. The molecule has 3 heteroatoms. The first-order chi connectivity index (χ1) is 4.33. The fourth-order valence-electron chi connectivity index (χ4n) is 1.25. The first kappa shape index (κ1) is 6.99. The zero-order chi connectivity index (χ0) is 6.69. The van der Waals surface area contributed by atoms with E-state index >= 15 is 0 Å². The molecule has 0 bridgehead atoms. The lowest BCUT2D eigenvalue weighted by molar-refractivity contribution is 0.121. The summed E-state index contributed by atoms with van der Waals surface area (Å²) in [7, 11) is 0. The molecule has 0 aromatic heterocycles. The Kier molecular flexibility index (Phi) is 2.45. The van der Waals surface area contributed by atoms with Crippen LogP contribution in [0, 0.1) is 5.92 Å². The Hall–Kier alpha value is -0.120. The summed E-state index contributed by atoms with van der Waals surface area (Å²) >= 11 is 0. The Bertz CT molecular complexity index is 87.1. The van der Waals surface area contributed by atoms with Crippen molar-refractivity contribution in [3.8, 4) is 0 Å². The van der Waals surface area contributed by atoms with Crippen molar-refractivity contribution in [2.24, 2.45) is 11.8 Å². The molecule has 0 aromatic rings. The predicted molar refractivity (Wildman–Crippen MR) is 35.6 cm³/mol. The van der Waals surface area contributed by atoms with Crippen molar-refractivity contribution in [2.45, 2.75) is 12.8 Å². The van der Waals surface area contributed by atoms with E-state index < -0.39 is 0 Å². The Morgan fingerprint density at radius 3 is 2.89 bits per heavy atom. The molecule has 3 nitrogen and oxygen atoms in total.